The van der Waals surface area contributed by atoms with Gasteiger partial charge in [-0.3, -0.25) is 0 Å². The van der Waals surface area contributed by atoms with Crippen LogP contribution in [-0.2, 0) is 0 Å². The molecule has 72 valence electrons. The van der Waals surface area contributed by atoms with Crippen molar-refractivity contribution in [1.82, 2.24) is 4.98 Å². The minimum atomic E-state index is -0.000648. The van der Waals surface area contributed by atoms with Crippen molar-refractivity contribution in [1.29, 1.82) is 0 Å². The maximum Gasteiger partial charge on any atom is 0.134 e. The van der Waals surface area contributed by atoms with E-state index in [4.69, 9.17) is 17.3 Å². The number of pyridine rings is 1. The topological polar surface area (TPSA) is 38.9 Å². The molecule has 3 heteroatoms. The molecular formula is C10H15ClN2. The summed E-state index contributed by atoms with van der Waals surface area (Å²) in [6, 6.07) is 2.03. The van der Waals surface area contributed by atoms with Crippen molar-refractivity contribution in [3.05, 3.63) is 28.0 Å². The van der Waals surface area contributed by atoms with Gasteiger partial charge in [0.1, 0.15) is 5.15 Å². The fourth-order valence-corrected chi connectivity index (χ4v) is 1.50. The smallest absolute Gasteiger partial charge is 0.134 e. The fourth-order valence-electron chi connectivity index (χ4n) is 1.18. The van der Waals surface area contributed by atoms with E-state index in [1.165, 1.54) is 0 Å². The number of hydrogen-bond donors (Lipinski definition) is 1. The Balaban J connectivity index is 3.15. The number of halogens is 1. The average Bonchev–Trinajstić information content (AvgIpc) is 2.10. The van der Waals surface area contributed by atoms with Crippen LogP contribution < -0.4 is 5.73 Å². The van der Waals surface area contributed by atoms with Crippen molar-refractivity contribution in [3.63, 3.8) is 0 Å². The van der Waals surface area contributed by atoms with Crippen molar-refractivity contribution >= 4 is 11.6 Å². The summed E-state index contributed by atoms with van der Waals surface area (Å²) in [7, 11) is 0. The molecule has 0 fully saturated rings. The van der Waals surface area contributed by atoms with Crippen molar-refractivity contribution < 1.29 is 0 Å². The number of rotatable bonds is 2. The molecule has 1 aromatic rings. The van der Waals surface area contributed by atoms with Crippen molar-refractivity contribution in [2.45, 2.75) is 33.2 Å². The maximum absolute atomic E-state index is 5.98. The van der Waals surface area contributed by atoms with Gasteiger partial charge in [-0.2, -0.15) is 0 Å². The Morgan fingerprint density at radius 3 is 2.69 bits per heavy atom. The number of aromatic nitrogens is 1. The van der Waals surface area contributed by atoms with E-state index >= 15 is 0 Å². The van der Waals surface area contributed by atoms with Crippen molar-refractivity contribution in [2.75, 3.05) is 0 Å². The van der Waals surface area contributed by atoms with Gasteiger partial charge in [0, 0.05) is 17.3 Å². The summed E-state index contributed by atoms with van der Waals surface area (Å²) < 4.78 is 0. The molecule has 1 atom stereocenters. The summed E-state index contributed by atoms with van der Waals surface area (Å²) in [5, 5.41) is 0.539. The zero-order chi connectivity index (χ0) is 10.0. The van der Waals surface area contributed by atoms with Crippen LogP contribution in [0.4, 0.5) is 0 Å². The Morgan fingerprint density at radius 1 is 1.54 bits per heavy atom. The highest BCUT2D eigenvalue weighted by Gasteiger charge is 2.10. The van der Waals surface area contributed by atoms with E-state index in [-0.39, 0.29) is 6.04 Å². The van der Waals surface area contributed by atoms with E-state index in [0.717, 1.165) is 23.2 Å². The van der Waals surface area contributed by atoms with Gasteiger partial charge in [-0.25, -0.2) is 4.98 Å². The second kappa shape index (κ2) is 4.07. The van der Waals surface area contributed by atoms with Crippen LogP contribution in [0.25, 0.3) is 0 Å². The lowest BCUT2D eigenvalue weighted by Gasteiger charge is -2.12. The Morgan fingerprint density at radius 2 is 2.15 bits per heavy atom. The molecule has 2 nitrogen and oxygen atoms in total. The van der Waals surface area contributed by atoms with Crippen LogP contribution in [0.3, 0.4) is 0 Å². The van der Waals surface area contributed by atoms with Crippen molar-refractivity contribution in [2.24, 2.45) is 5.73 Å². The van der Waals surface area contributed by atoms with Crippen LogP contribution in [0.2, 0.25) is 5.15 Å². The molecule has 1 heterocycles. The van der Waals surface area contributed by atoms with Crippen LogP contribution in [0, 0.1) is 13.8 Å². The van der Waals surface area contributed by atoms with Crippen molar-refractivity contribution in [3.8, 4) is 0 Å². The molecule has 13 heavy (non-hydrogen) atoms. The highest BCUT2D eigenvalue weighted by Crippen LogP contribution is 2.23. The minimum absolute atomic E-state index is 0.000648. The summed E-state index contributed by atoms with van der Waals surface area (Å²) >= 11 is 5.98. The average molecular weight is 199 g/mol. The zero-order valence-corrected chi connectivity index (χ0v) is 9.02. The van der Waals surface area contributed by atoms with E-state index in [1.54, 1.807) is 0 Å². The summed E-state index contributed by atoms with van der Waals surface area (Å²) in [6.07, 6.45) is 0.879. The zero-order valence-electron chi connectivity index (χ0n) is 8.26. The Hall–Kier alpha value is -0.600. The standard InChI is InChI=1S/C10H15ClN2/c1-4-9(12)8-5-6(2)7(3)13-10(8)11/h5,9H,4,12H2,1-3H3. The SMILES string of the molecule is CCC(N)c1cc(C)c(C)nc1Cl. The molecule has 0 aliphatic carbocycles. The number of nitrogens with zero attached hydrogens (tertiary/aromatic N) is 1. The molecule has 0 spiro atoms. The normalized spacial score (nSPS) is 13.0. The molecule has 0 aromatic carbocycles. The van der Waals surface area contributed by atoms with Gasteiger partial charge in [-0.15, -0.1) is 0 Å². The Kier molecular flexibility index (Phi) is 3.28. The first kappa shape index (κ1) is 10.5. The van der Waals surface area contributed by atoms with Gasteiger partial charge >= 0.3 is 0 Å². The first-order chi connectivity index (χ1) is 6.06. The number of nitrogens with two attached hydrogens (primary N) is 1. The molecular weight excluding hydrogens is 184 g/mol. The summed E-state index contributed by atoms with van der Waals surface area (Å²) in [6.45, 7) is 6.00. The highest BCUT2D eigenvalue weighted by atomic mass is 35.5. The largest absolute Gasteiger partial charge is 0.324 e. The lowest BCUT2D eigenvalue weighted by Crippen LogP contribution is -2.10. The minimum Gasteiger partial charge on any atom is -0.324 e. The molecule has 0 saturated carbocycles. The second-order valence-electron chi connectivity index (χ2n) is 3.29. The van der Waals surface area contributed by atoms with Gasteiger partial charge in [0.15, 0.2) is 0 Å². The van der Waals surface area contributed by atoms with E-state index in [9.17, 15) is 0 Å². The van der Waals surface area contributed by atoms with Crippen LogP contribution in [0.5, 0.6) is 0 Å². The number of aryl methyl sites for hydroxylation is 2. The van der Waals surface area contributed by atoms with Gasteiger partial charge in [-0.05, 0) is 31.9 Å². The summed E-state index contributed by atoms with van der Waals surface area (Å²) in [4.78, 5) is 4.23. The van der Waals surface area contributed by atoms with E-state index in [2.05, 4.69) is 4.98 Å². The van der Waals surface area contributed by atoms with Gasteiger partial charge in [0.05, 0.1) is 0 Å². The molecule has 0 aliphatic rings. The third-order valence-electron chi connectivity index (χ3n) is 2.29. The molecule has 2 N–H and O–H groups in total. The lowest BCUT2D eigenvalue weighted by atomic mass is 10.0. The molecule has 0 aliphatic heterocycles. The second-order valence-corrected chi connectivity index (χ2v) is 3.64. The quantitative estimate of drug-likeness (QED) is 0.743. The van der Waals surface area contributed by atoms with E-state index in [0.29, 0.717) is 5.15 Å². The van der Waals surface area contributed by atoms with Crippen LogP contribution in [0.15, 0.2) is 6.07 Å². The molecule has 0 bridgehead atoms. The fraction of sp³-hybridized carbons (Fsp3) is 0.500. The number of hydrogen-bond acceptors (Lipinski definition) is 2. The first-order valence-electron chi connectivity index (χ1n) is 4.45. The molecule has 1 aromatic heterocycles. The monoisotopic (exact) mass is 198 g/mol. The predicted molar refractivity (Wildman–Crippen MR) is 55.9 cm³/mol. The Labute approximate surface area is 84.1 Å². The summed E-state index contributed by atoms with van der Waals surface area (Å²) in [5.41, 5.74) is 8.95. The lowest BCUT2D eigenvalue weighted by molar-refractivity contribution is 0.694. The van der Waals surface area contributed by atoms with E-state index in [1.807, 2.05) is 26.8 Å². The van der Waals surface area contributed by atoms with E-state index < -0.39 is 0 Å². The first-order valence-corrected chi connectivity index (χ1v) is 4.83. The molecule has 1 unspecified atom stereocenters. The van der Waals surface area contributed by atoms with Gasteiger partial charge in [-0.1, -0.05) is 18.5 Å². The summed E-state index contributed by atoms with van der Waals surface area (Å²) in [5.74, 6) is 0. The van der Waals surface area contributed by atoms with Gasteiger partial charge < -0.3 is 5.73 Å². The maximum atomic E-state index is 5.98. The van der Waals surface area contributed by atoms with Gasteiger partial charge in [0.25, 0.3) is 0 Å². The Bertz CT molecular complexity index is 310. The van der Waals surface area contributed by atoms with Crippen LogP contribution in [0.1, 0.15) is 36.2 Å². The van der Waals surface area contributed by atoms with Gasteiger partial charge in [0.2, 0.25) is 0 Å². The molecule has 1 rings (SSSR count). The van der Waals surface area contributed by atoms with Crippen LogP contribution >= 0.6 is 11.6 Å². The third-order valence-corrected chi connectivity index (χ3v) is 2.59. The predicted octanol–water partition coefficient (Wildman–Crippen LogP) is 2.76. The van der Waals surface area contributed by atoms with Crippen LogP contribution in [-0.4, -0.2) is 4.98 Å². The highest BCUT2D eigenvalue weighted by molar-refractivity contribution is 6.30. The third kappa shape index (κ3) is 2.20. The molecule has 0 radical (unpaired) electrons. The molecule has 0 amide bonds. The molecule has 0 saturated heterocycles.